The van der Waals surface area contributed by atoms with Crippen LogP contribution in [-0.2, 0) is 11.2 Å². The second-order valence-corrected chi connectivity index (χ2v) is 17.2. The molecule has 0 amide bonds. The smallest absolute Gasteiger partial charge is 0.303 e. The number of carbonyl (C=O) groups is 1. The van der Waals surface area contributed by atoms with Crippen molar-refractivity contribution in [2.45, 2.75) is 228 Å². The van der Waals surface area contributed by atoms with Gasteiger partial charge in [-0.05, 0) is 120 Å². The minimum Gasteiger partial charge on any atom is -0.507 e. The highest BCUT2D eigenvalue weighted by Crippen LogP contribution is 2.44. The molecule has 51 heavy (non-hydrogen) atoms. The van der Waals surface area contributed by atoms with Gasteiger partial charge in [-0.2, -0.15) is 0 Å². The minimum absolute atomic E-state index is 0.0712. The van der Waals surface area contributed by atoms with E-state index in [1.807, 2.05) is 13.8 Å². The van der Waals surface area contributed by atoms with Crippen LogP contribution in [0.3, 0.4) is 0 Å². The van der Waals surface area contributed by atoms with Gasteiger partial charge in [-0.3, -0.25) is 4.79 Å². The number of hydrogen-bond donors (Lipinski definition) is 2. The largest absolute Gasteiger partial charge is 0.507 e. The average molecular weight is 713 g/mol. The second-order valence-electron chi connectivity index (χ2n) is 17.2. The minimum atomic E-state index is -0.664. The Balaban J connectivity index is 0.000000564. The molecule has 1 heterocycles. The Morgan fingerprint density at radius 3 is 1.76 bits per heavy atom. The van der Waals surface area contributed by atoms with Crippen LogP contribution in [0.2, 0.25) is 0 Å². The van der Waals surface area contributed by atoms with Gasteiger partial charge in [-0.25, -0.2) is 0 Å². The van der Waals surface area contributed by atoms with E-state index >= 15 is 0 Å². The third-order valence-corrected chi connectivity index (χ3v) is 11.5. The quantitative estimate of drug-likeness (QED) is 0.0704. The van der Waals surface area contributed by atoms with Crippen LogP contribution in [0.5, 0.6) is 11.5 Å². The normalized spacial score (nSPS) is 16.8. The van der Waals surface area contributed by atoms with E-state index in [9.17, 15) is 9.90 Å². The van der Waals surface area contributed by atoms with E-state index in [-0.39, 0.29) is 5.60 Å². The summed E-state index contributed by atoms with van der Waals surface area (Å²) in [4.78, 5) is 10.3. The number of phenolic OH excluding ortho intramolecular Hbond substituents is 1. The number of ether oxygens (including phenoxy) is 1. The number of hydrogen-bond acceptors (Lipinski definition) is 3. The van der Waals surface area contributed by atoms with Crippen LogP contribution in [-0.4, -0.2) is 21.8 Å². The second kappa shape index (κ2) is 27.6. The number of unbranched alkanes of at least 4 members (excludes halogenated alkanes) is 11. The molecule has 4 heteroatoms. The molecule has 0 spiro atoms. The van der Waals surface area contributed by atoms with Gasteiger partial charge in [0.25, 0.3) is 0 Å². The molecule has 0 aliphatic carbocycles. The molecular weight excluding hydrogens is 629 g/mol. The van der Waals surface area contributed by atoms with E-state index < -0.39 is 5.97 Å². The monoisotopic (exact) mass is 713 g/mol. The van der Waals surface area contributed by atoms with E-state index in [1.54, 1.807) is 0 Å². The van der Waals surface area contributed by atoms with Crippen LogP contribution < -0.4 is 4.74 Å². The molecule has 1 aromatic carbocycles. The molecule has 1 aliphatic heterocycles. The Bertz CT molecular complexity index is 1090. The zero-order chi connectivity index (χ0) is 38.1. The van der Waals surface area contributed by atoms with Crippen molar-refractivity contribution in [1.29, 1.82) is 0 Å². The number of allylic oxidation sites excluding steroid dienone is 2. The van der Waals surface area contributed by atoms with E-state index in [0.717, 1.165) is 72.3 Å². The highest BCUT2D eigenvalue weighted by atomic mass is 16.5. The molecule has 2 rings (SSSR count). The van der Waals surface area contributed by atoms with E-state index in [2.05, 4.69) is 60.6 Å². The van der Waals surface area contributed by atoms with Gasteiger partial charge < -0.3 is 14.9 Å². The Morgan fingerprint density at radius 1 is 0.706 bits per heavy atom. The van der Waals surface area contributed by atoms with Gasteiger partial charge >= 0.3 is 5.97 Å². The predicted molar refractivity (Wildman–Crippen MR) is 221 cm³/mol. The molecule has 1 aliphatic rings. The molecule has 2 N–H and O–H groups in total. The molecule has 296 valence electrons. The van der Waals surface area contributed by atoms with Crippen LogP contribution >= 0.6 is 0 Å². The van der Waals surface area contributed by atoms with E-state index in [0.29, 0.717) is 12.2 Å². The molecule has 0 unspecified atom stereocenters. The zero-order valence-electron chi connectivity index (χ0n) is 35.3. The summed E-state index contributed by atoms with van der Waals surface area (Å²) in [6, 6.07) is 0. The summed E-state index contributed by atoms with van der Waals surface area (Å²) in [5, 5.41) is 18.9. The lowest BCUT2D eigenvalue weighted by Gasteiger charge is -2.38. The van der Waals surface area contributed by atoms with E-state index in [1.165, 1.54) is 128 Å². The topological polar surface area (TPSA) is 66.8 Å². The van der Waals surface area contributed by atoms with Crippen molar-refractivity contribution in [2.75, 3.05) is 0 Å². The van der Waals surface area contributed by atoms with Crippen molar-refractivity contribution in [3.8, 4) is 11.5 Å². The number of benzene rings is 1. The highest BCUT2D eigenvalue weighted by Gasteiger charge is 2.34. The maximum absolute atomic E-state index is 10.4. The van der Waals surface area contributed by atoms with Gasteiger partial charge in [0.1, 0.15) is 17.1 Å². The molecule has 0 radical (unpaired) electrons. The summed E-state index contributed by atoms with van der Waals surface area (Å²) in [6.07, 6.45) is 35.3. The van der Waals surface area contributed by atoms with Crippen molar-refractivity contribution >= 4 is 5.97 Å². The van der Waals surface area contributed by atoms with Gasteiger partial charge in [0.15, 0.2) is 0 Å². The summed E-state index contributed by atoms with van der Waals surface area (Å²) in [6.45, 7) is 20.2. The standard InChI is InChI=1S/C29H50O2.C18H34O2/c1-20(2)12-9-13-21(3)14-10-15-22(4)16-11-18-29(8)19-17-26-25(7)27(30)23(5)24(6)28(26)31-29;1-2-3-4-5-6-7-8-9-10-11-12-13-14-15-16-17-18(19)20/h20-22,30H,9-19H2,1-8H3;9-10H,2-8,11-17H2,1H3,(H,19,20)/t21-,22-,29-;/m1./s1. The van der Waals surface area contributed by atoms with Gasteiger partial charge in [0.2, 0.25) is 0 Å². The average Bonchev–Trinajstić information content (AvgIpc) is 3.08. The molecule has 0 saturated heterocycles. The Kier molecular flexibility index (Phi) is 25.5. The summed E-state index contributed by atoms with van der Waals surface area (Å²) < 4.78 is 6.60. The number of phenols is 1. The lowest BCUT2D eigenvalue weighted by Crippen LogP contribution is -2.37. The Morgan fingerprint density at radius 2 is 1.22 bits per heavy atom. The fourth-order valence-corrected chi connectivity index (χ4v) is 7.62. The fraction of sp³-hybridized carbons (Fsp3) is 0.809. The maximum Gasteiger partial charge on any atom is 0.303 e. The van der Waals surface area contributed by atoms with Crippen LogP contribution in [0.1, 0.15) is 218 Å². The molecule has 0 fully saturated rings. The van der Waals surface area contributed by atoms with Gasteiger partial charge in [-0.1, -0.05) is 143 Å². The van der Waals surface area contributed by atoms with Crippen LogP contribution in [0.25, 0.3) is 0 Å². The van der Waals surface area contributed by atoms with Gasteiger partial charge in [0.05, 0.1) is 0 Å². The molecule has 0 saturated carbocycles. The van der Waals surface area contributed by atoms with Crippen LogP contribution in [0.15, 0.2) is 12.2 Å². The Hall–Kier alpha value is -1.97. The number of carboxylic acid groups (broad SMARTS) is 1. The van der Waals surface area contributed by atoms with Crippen molar-refractivity contribution in [3.05, 3.63) is 34.4 Å². The van der Waals surface area contributed by atoms with Gasteiger partial charge in [-0.15, -0.1) is 0 Å². The molecule has 3 atom stereocenters. The molecule has 1 aromatic rings. The first-order valence-corrected chi connectivity index (χ1v) is 21.7. The molecule has 0 aromatic heterocycles. The highest BCUT2D eigenvalue weighted by molar-refractivity contribution is 5.66. The van der Waals surface area contributed by atoms with Crippen molar-refractivity contribution in [2.24, 2.45) is 17.8 Å². The lowest BCUT2D eigenvalue weighted by molar-refractivity contribution is -0.137. The first-order chi connectivity index (χ1) is 24.3. The number of carboxylic acids is 1. The summed E-state index contributed by atoms with van der Waals surface area (Å²) in [7, 11) is 0. The number of rotatable bonds is 27. The SMILES string of the molecule is CCCCCCCCC=CCCCCCCCC(=O)O.Cc1c(C)c2c(c(C)c1O)CC[C@@](C)(CCC[C@H](C)CCC[C@H](C)CCCC(C)C)O2. The summed E-state index contributed by atoms with van der Waals surface area (Å²) in [5.41, 5.74) is 4.23. The first-order valence-electron chi connectivity index (χ1n) is 21.7. The maximum atomic E-state index is 10.4. The number of fused-ring (bicyclic) bond motifs is 1. The number of aromatic hydroxyl groups is 1. The fourth-order valence-electron chi connectivity index (χ4n) is 7.62. The molecule has 4 nitrogen and oxygen atoms in total. The predicted octanol–water partition coefficient (Wildman–Crippen LogP) is 14.9. The third-order valence-electron chi connectivity index (χ3n) is 11.5. The lowest BCUT2D eigenvalue weighted by atomic mass is 9.84. The first kappa shape index (κ1) is 47.1. The zero-order valence-corrected chi connectivity index (χ0v) is 35.3. The summed E-state index contributed by atoms with van der Waals surface area (Å²) in [5.74, 6) is 3.37. The third kappa shape index (κ3) is 21.4. The van der Waals surface area contributed by atoms with Gasteiger partial charge in [0, 0.05) is 12.0 Å². The molecular formula is C47H84O4. The Labute approximate surface area is 317 Å². The number of aliphatic carboxylic acids is 1. The van der Waals surface area contributed by atoms with Crippen LogP contribution in [0.4, 0.5) is 0 Å². The van der Waals surface area contributed by atoms with E-state index in [4.69, 9.17) is 9.84 Å². The van der Waals surface area contributed by atoms with Crippen molar-refractivity contribution in [3.63, 3.8) is 0 Å². The molecule has 0 bridgehead atoms. The van der Waals surface area contributed by atoms with Crippen molar-refractivity contribution in [1.82, 2.24) is 0 Å². The van der Waals surface area contributed by atoms with Crippen LogP contribution in [0, 0.1) is 38.5 Å². The summed E-state index contributed by atoms with van der Waals surface area (Å²) >= 11 is 0. The van der Waals surface area contributed by atoms with Crippen molar-refractivity contribution < 1.29 is 19.7 Å².